The summed E-state index contributed by atoms with van der Waals surface area (Å²) in [6.45, 7) is 12.4. The second-order valence-electron chi connectivity index (χ2n) is 5.47. The molecular weight excluding hydrogens is 200 g/mol. The largest absolute Gasteiger partial charge is 0.432 e. The zero-order valence-corrected chi connectivity index (χ0v) is 12.4. The molecule has 90 valence electrons. The average Bonchev–Trinajstić information content (AvgIpc) is 2.03. The van der Waals surface area contributed by atoms with Crippen molar-refractivity contribution >= 4 is 8.32 Å². The van der Waals surface area contributed by atoms with Gasteiger partial charge in [-0.2, -0.15) is 0 Å². The van der Waals surface area contributed by atoms with Crippen LogP contribution >= 0.6 is 0 Å². The van der Waals surface area contributed by atoms with Crippen molar-refractivity contribution in [3.05, 3.63) is 0 Å². The van der Waals surface area contributed by atoms with Gasteiger partial charge in [0.05, 0.1) is 0 Å². The molecule has 0 heterocycles. The molecule has 0 radical (unpaired) electrons. The Kier molecular flexibility index (Phi) is 9.09. The molecule has 0 aliphatic rings. The van der Waals surface area contributed by atoms with Crippen LogP contribution in [0.1, 0.15) is 53.4 Å². The highest BCUT2D eigenvalue weighted by Crippen LogP contribution is 2.33. The molecule has 2 heteroatoms. The van der Waals surface area contributed by atoms with Gasteiger partial charge in [0.1, 0.15) is 0 Å². The molecule has 0 aliphatic carbocycles. The molecule has 0 amide bonds. The van der Waals surface area contributed by atoms with Gasteiger partial charge in [-0.1, -0.05) is 40.5 Å². The molecule has 0 aliphatic heterocycles. The number of rotatable bonds is 3. The van der Waals surface area contributed by atoms with Gasteiger partial charge in [-0.25, -0.2) is 0 Å². The Hall–Kier alpha value is -0.263. The maximum absolute atomic E-state index is 9.49. The first kappa shape index (κ1) is 17.1. The lowest BCUT2D eigenvalue weighted by Crippen LogP contribution is -2.36. The van der Waals surface area contributed by atoms with Gasteiger partial charge in [0.2, 0.25) is 0 Å². The lowest BCUT2D eigenvalue weighted by atomic mass is 10.2. The van der Waals surface area contributed by atoms with Gasteiger partial charge < -0.3 is 4.80 Å². The summed E-state index contributed by atoms with van der Waals surface area (Å²) < 4.78 is 0. The molecule has 0 aromatic carbocycles. The van der Waals surface area contributed by atoms with Gasteiger partial charge in [0.25, 0.3) is 0 Å². The minimum atomic E-state index is -1.86. The van der Waals surface area contributed by atoms with E-state index in [-0.39, 0.29) is 5.04 Å². The van der Waals surface area contributed by atoms with E-state index >= 15 is 0 Å². The van der Waals surface area contributed by atoms with Crippen molar-refractivity contribution in [2.24, 2.45) is 0 Å². The van der Waals surface area contributed by atoms with Crippen molar-refractivity contribution in [1.29, 1.82) is 0 Å². The Morgan fingerprint density at radius 3 is 1.80 bits per heavy atom. The van der Waals surface area contributed by atoms with Crippen LogP contribution in [-0.4, -0.2) is 13.1 Å². The molecule has 0 rings (SSSR count). The van der Waals surface area contributed by atoms with Crippen molar-refractivity contribution in [2.75, 3.05) is 0 Å². The summed E-state index contributed by atoms with van der Waals surface area (Å²) in [5, 5.41) is 0.132. The number of unbranched alkanes of at least 4 members (excludes halogenated alkanes) is 3. The lowest BCUT2D eigenvalue weighted by Gasteiger charge is -2.30. The summed E-state index contributed by atoms with van der Waals surface area (Å²) in [7, 11) is -1.86. The van der Waals surface area contributed by atoms with Crippen LogP contribution in [0.15, 0.2) is 0 Å². The minimum Gasteiger partial charge on any atom is -0.432 e. The summed E-state index contributed by atoms with van der Waals surface area (Å²) in [4.78, 5) is 9.49. The van der Waals surface area contributed by atoms with E-state index in [9.17, 15) is 4.80 Å². The third-order valence-corrected chi connectivity index (χ3v) is 6.43. The molecule has 0 fully saturated rings. The zero-order chi connectivity index (χ0) is 12.5. The Bertz CT molecular complexity index is 166. The Balaban J connectivity index is 0. The molecule has 0 atom stereocenters. The fraction of sp³-hybridized carbons (Fsp3) is 0.846. The molecule has 0 saturated heterocycles. The van der Waals surface area contributed by atoms with E-state index in [1.807, 2.05) is 13.1 Å². The minimum absolute atomic E-state index is 0.132. The molecule has 0 aromatic rings. The van der Waals surface area contributed by atoms with Gasteiger partial charge in [-0.3, -0.25) is 0 Å². The molecule has 15 heavy (non-hydrogen) atoms. The molecule has 0 bridgehead atoms. The third kappa shape index (κ3) is 11.7. The first-order chi connectivity index (χ1) is 6.66. The average molecular weight is 228 g/mol. The van der Waals surface area contributed by atoms with Crippen LogP contribution in [-0.2, 0) is 0 Å². The molecule has 0 unspecified atom stereocenters. The van der Waals surface area contributed by atoms with Crippen molar-refractivity contribution in [3.8, 4) is 12.3 Å². The normalized spacial score (nSPS) is 11.3. The van der Waals surface area contributed by atoms with Crippen LogP contribution in [0, 0.1) is 12.3 Å². The number of hydrogen-bond acceptors (Lipinski definition) is 1. The monoisotopic (exact) mass is 228 g/mol. The predicted molar refractivity (Wildman–Crippen MR) is 72.4 cm³/mol. The fourth-order valence-corrected chi connectivity index (χ4v) is 0.477. The van der Waals surface area contributed by atoms with E-state index < -0.39 is 8.32 Å². The highest BCUT2D eigenvalue weighted by Gasteiger charge is 2.32. The summed E-state index contributed by atoms with van der Waals surface area (Å²) in [6.07, 6.45) is 9.72. The predicted octanol–water partition coefficient (Wildman–Crippen LogP) is 4.18. The van der Waals surface area contributed by atoms with Crippen molar-refractivity contribution in [1.82, 2.24) is 0 Å². The van der Waals surface area contributed by atoms with E-state index in [0.717, 1.165) is 6.42 Å². The topological polar surface area (TPSA) is 20.2 Å². The maximum atomic E-state index is 9.49. The van der Waals surface area contributed by atoms with Crippen molar-refractivity contribution in [2.45, 2.75) is 71.5 Å². The summed E-state index contributed by atoms with van der Waals surface area (Å²) >= 11 is 0. The SMILES string of the molecule is C#CCCCCC.CC(C)(C)[Si](C)(C)O. The highest BCUT2D eigenvalue weighted by molar-refractivity contribution is 6.72. The summed E-state index contributed by atoms with van der Waals surface area (Å²) in [5.74, 6) is 2.60. The van der Waals surface area contributed by atoms with Crippen LogP contribution < -0.4 is 0 Å². The maximum Gasteiger partial charge on any atom is 0.187 e. The van der Waals surface area contributed by atoms with Gasteiger partial charge in [0.15, 0.2) is 8.32 Å². The Morgan fingerprint density at radius 1 is 1.20 bits per heavy atom. The van der Waals surface area contributed by atoms with Gasteiger partial charge in [-0.05, 0) is 24.6 Å². The Morgan fingerprint density at radius 2 is 1.60 bits per heavy atom. The molecule has 0 spiro atoms. The smallest absolute Gasteiger partial charge is 0.187 e. The first-order valence-corrected chi connectivity index (χ1v) is 8.77. The quantitative estimate of drug-likeness (QED) is 0.436. The molecule has 0 aromatic heterocycles. The standard InChI is InChI=1S/C7H12.C6H16OSi/c1-3-5-7-6-4-2;1-6(2,3)8(4,5)7/h1H,4-7H2,2H3;7H,1-5H3. The molecule has 1 nitrogen and oxygen atoms in total. The van der Waals surface area contributed by atoms with E-state index in [2.05, 4.69) is 33.6 Å². The lowest BCUT2D eigenvalue weighted by molar-refractivity contribution is 0.487. The molecule has 1 N–H and O–H groups in total. The number of hydrogen-bond donors (Lipinski definition) is 1. The molecular formula is C13H28OSi. The van der Waals surface area contributed by atoms with Gasteiger partial charge in [-0.15, -0.1) is 12.3 Å². The Labute approximate surface area is 97.4 Å². The van der Waals surface area contributed by atoms with Crippen LogP contribution in [0.4, 0.5) is 0 Å². The summed E-state index contributed by atoms with van der Waals surface area (Å²) in [5.41, 5.74) is 0. The van der Waals surface area contributed by atoms with Gasteiger partial charge >= 0.3 is 0 Å². The van der Waals surface area contributed by atoms with Crippen LogP contribution in [0.2, 0.25) is 18.1 Å². The van der Waals surface area contributed by atoms with E-state index in [1.165, 1.54) is 19.3 Å². The van der Waals surface area contributed by atoms with Crippen molar-refractivity contribution in [3.63, 3.8) is 0 Å². The van der Waals surface area contributed by atoms with E-state index in [1.54, 1.807) is 0 Å². The van der Waals surface area contributed by atoms with E-state index in [0.29, 0.717) is 0 Å². The van der Waals surface area contributed by atoms with Gasteiger partial charge in [0, 0.05) is 6.42 Å². The number of terminal acetylenes is 1. The van der Waals surface area contributed by atoms with Crippen LogP contribution in [0.5, 0.6) is 0 Å². The van der Waals surface area contributed by atoms with Crippen LogP contribution in [0.25, 0.3) is 0 Å². The second-order valence-corrected chi connectivity index (χ2v) is 10.1. The zero-order valence-electron chi connectivity index (χ0n) is 11.4. The molecule has 0 saturated carbocycles. The van der Waals surface area contributed by atoms with Crippen molar-refractivity contribution < 1.29 is 4.80 Å². The first-order valence-electron chi connectivity index (χ1n) is 5.82. The third-order valence-electron chi connectivity index (χ3n) is 2.76. The van der Waals surface area contributed by atoms with E-state index in [4.69, 9.17) is 6.42 Å². The summed E-state index contributed by atoms with van der Waals surface area (Å²) in [6, 6.07) is 0. The fourth-order valence-electron chi connectivity index (χ4n) is 0.477. The second kappa shape index (κ2) is 7.96. The highest BCUT2D eigenvalue weighted by atomic mass is 28.4. The van der Waals surface area contributed by atoms with Crippen LogP contribution in [0.3, 0.4) is 0 Å².